The molecular formula is C14H25N3O2. The molecule has 0 aromatic carbocycles. The van der Waals surface area contributed by atoms with Gasteiger partial charge in [-0.25, -0.2) is 0 Å². The quantitative estimate of drug-likeness (QED) is 0.742. The summed E-state index contributed by atoms with van der Waals surface area (Å²) >= 11 is 0. The Bertz CT molecular complexity index is 336. The van der Waals surface area contributed by atoms with Gasteiger partial charge >= 0.3 is 0 Å². The highest BCUT2D eigenvalue weighted by molar-refractivity contribution is 5.76. The molecule has 3 fully saturated rings. The molecule has 0 aliphatic carbocycles. The Balaban J connectivity index is 1.34. The average Bonchev–Trinajstić information content (AvgIpc) is 2.41. The summed E-state index contributed by atoms with van der Waals surface area (Å²) in [5.41, 5.74) is 0.511. The second-order valence-electron chi connectivity index (χ2n) is 6.70. The number of carbonyl (C=O) groups is 1. The number of carbonyl (C=O) groups excluding carboxylic acids is 1. The van der Waals surface area contributed by atoms with Crippen LogP contribution in [0.1, 0.15) is 19.8 Å². The van der Waals surface area contributed by atoms with Crippen molar-refractivity contribution in [3.63, 3.8) is 0 Å². The molecule has 1 spiro atoms. The van der Waals surface area contributed by atoms with Crippen molar-refractivity contribution in [3.8, 4) is 0 Å². The van der Waals surface area contributed by atoms with Crippen molar-refractivity contribution in [1.82, 2.24) is 15.5 Å². The van der Waals surface area contributed by atoms with Crippen LogP contribution in [0.4, 0.5) is 0 Å². The van der Waals surface area contributed by atoms with Gasteiger partial charge in [-0.05, 0) is 12.3 Å². The van der Waals surface area contributed by atoms with Crippen molar-refractivity contribution in [2.45, 2.75) is 25.8 Å². The molecule has 2 atom stereocenters. The first-order valence-corrected chi connectivity index (χ1v) is 7.45. The largest absolute Gasteiger partial charge is 0.380 e. The summed E-state index contributed by atoms with van der Waals surface area (Å²) in [4.78, 5) is 14.0. The molecule has 2 unspecified atom stereocenters. The fourth-order valence-electron chi connectivity index (χ4n) is 3.45. The number of hydrogen-bond acceptors (Lipinski definition) is 4. The summed E-state index contributed by atoms with van der Waals surface area (Å²) < 4.78 is 5.28. The molecule has 0 radical (unpaired) electrons. The average molecular weight is 267 g/mol. The molecule has 0 aromatic rings. The van der Waals surface area contributed by atoms with Gasteiger partial charge in [-0.2, -0.15) is 0 Å². The van der Waals surface area contributed by atoms with Gasteiger partial charge in [0.1, 0.15) is 0 Å². The second-order valence-corrected chi connectivity index (χ2v) is 6.70. The number of likely N-dealkylation sites (tertiary alicyclic amines) is 1. The minimum absolute atomic E-state index is 0.191. The maximum Gasteiger partial charge on any atom is 0.221 e. The molecule has 0 saturated carbocycles. The molecule has 3 rings (SSSR count). The van der Waals surface area contributed by atoms with Gasteiger partial charge in [0.15, 0.2) is 0 Å². The van der Waals surface area contributed by atoms with Crippen molar-refractivity contribution < 1.29 is 9.53 Å². The standard InChI is InChI=1S/C14H25N3O2/c1-11-4-12(5-13(18)16-6-11)15-2-3-17-7-14(8-17)9-19-10-14/h11-12,15H,2-10H2,1H3,(H,16,18). The van der Waals surface area contributed by atoms with Crippen molar-refractivity contribution in [2.24, 2.45) is 11.3 Å². The van der Waals surface area contributed by atoms with Gasteiger partial charge in [-0.15, -0.1) is 0 Å². The molecule has 3 aliphatic heterocycles. The second kappa shape index (κ2) is 5.38. The van der Waals surface area contributed by atoms with Gasteiger partial charge in [-0.1, -0.05) is 6.92 Å². The maximum absolute atomic E-state index is 11.6. The molecule has 19 heavy (non-hydrogen) atoms. The zero-order chi connectivity index (χ0) is 13.3. The molecule has 108 valence electrons. The minimum atomic E-state index is 0.191. The van der Waals surface area contributed by atoms with Crippen LogP contribution in [0.3, 0.4) is 0 Å². The van der Waals surface area contributed by atoms with Gasteiger partial charge in [-0.3, -0.25) is 4.79 Å². The molecule has 5 nitrogen and oxygen atoms in total. The lowest BCUT2D eigenvalue weighted by atomic mass is 9.78. The first-order valence-electron chi connectivity index (χ1n) is 7.45. The van der Waals surface area contributed by atoms with Crippen molar-refractivity contribution >= 4 is 5.91 Å². The first kappa shape index (κ1) is 13.3. The van der Waals surface area contributed by atoms with E-state index in [0.717, 1.165) is 39.3 Å². The number of amides is 1. The molecule has 2 N–H and O–H groups in total. The van der Waals surface area contributed by atoms with E-state index in [4.69, 9.17) is 4.74 Å². The van der Waals surface area contributed by atoms with E-state index in [9.17, 15) is 4.79 Å². The fraction of sp³-hybridized carbons (Fsp3) is 0.929. The highest BCUT2D eigenvalue weighted by atomic mass is 16.5. The molecule has 3 saturated heterocycles. The van der Waals surface area contributed by atoms with E-state index in [1.165, 1.54) is 13.1 Å². The Morgan fingerprint density at radius 3 is 2.95 bits per heavy atom. The van der Waals surface area contributed by atoms with Crippen LogP contribution in [0.2, 0.25) is 0 Å². The third-order valence-corrected chi connectivity index (χ3v) is 4.56. The summed E-state index contributed by atoms with van der Waals surface area (Å²) in [5.74, 6) is 0.764. The van der Waals surface area contributed by atoms with Crippen LogP contribution in [-0.2, 0) is 9.53 Å². The van der Waals surface area contributed by atoms with Gasteiger partial charge in [0.05, 0.1) is 13.2 Å². The molecular weight excluding hydrogens is 242 g/mol. The fourth-order valence-corrected chi connectivity index (χ4v) is 3.45. The third-order valence-electron chi connectivity index (χ3n) is 4.56. The highest BCUT2D eigenvalue weighted by Gasteiger charge is 2.48. The maximum atomic E-state index is 11.6. The van der Waals surface area contributed by atoms with Crippen LogP contribution in [-0.4, -0.2) is 62.8 Å². The number of nitrogens with zero attached hydrogens (tertiary/aromatic N) is 1. The number of rotatable bonds is 4. The number of ether oxygens (including phenoxy) is 1. The zero-order valence-electron chi connectivity index (χ0n) is 11.8. The Hall–Kier alpha value is -0.650. The van der Waals surface area contributed by atoms with E-state index in [2.05, 4.69) is 22.5 Å². The van der Waals surface area contributed by atoms with E-state index >= 15 is 0 Å². The van der Waals surface area contributed by atoms with E-state index in [1.54, 1.807) is 0 Å². The zero-order valence-corrected chi connectivity index (χ0v) is 11.8. The van der Waals surface area contributed by atoms with Crippen LogP contribution >= 0.6 is 0 Å². The molecule has 0 bridgehead atoms. The Morgan fingerprint density at radius 2 is 2.26 bits per heavy atom. The van der Waals surface area contributed by atoms with Gasteiger partial charge in [0.2, 0.25) is 5.91 Å². The Morgan fingerprint density at radius 1 is 1.47 bits per heavy atom. The highest BCUT2D eigenvalue weighted by Crippen LogP contribution is 2.36. The van der Waals surface area contributed by atoms with Crippen LogP contribution < -0.4 is 10.6 Å². The smallest absolute Gasteiger partial charge is 0.221 e. The summed E-state index contributed by atoms with van der Waals surface area (Å²) in [6, 6.07) is 0.347. The van der Waals surface area contributed by atoms with Crippen molar-refractivity contribution in [3.05, 3.63) is 0 Å². The molecule has 0 aromatic heterocycles. The van der Waals surface area contributed by atoms with Crippen LogP contribution in [0.25, 0.3) is 0 Å². The Kier molecular flexibility index (Phi) is 3.78. The summed E-state index contributed by atoms with van der Waals surface area (Å²) in [6.07, 6.45) is 1.72. The number of nitrogens with one attached hydrogen (secondary N) is 2. The lowest BCUT2D eigenvalue weighted by Gasteiger charge is -2.55. The lowest BCUT2D eigenvalue weighted by Crippen LogP contribution is -2.66. The SMILES string of the molecule is CC1CNC(=O)CC(NCCN2CC3(COC3)C2)C1. The van der Waals surface area contributed by atoms with E-state index in [-0.39, 0.29) is 5.91 Å². The van der Waals surface area contributed by atoms with Gasteiger partial charge in [0, 0.05) is 50.6 Å². The first-order chi connectivity index (χ1) is 9.15. The van der Waals surface area contributed by atoms with E-state index in [0.29, 0.717) is 23.8 Å². The Labute approximate surface area is 115 Å². The van der Waals surface area contributed by atoms with E-state index in [1.807, 2.05) is 0 Å². The molecule has 3 heterocycles. The monoisotopic (exact) mass is 267 g/mol. The van der Waals surface area contributed by atoms with E-state index < -0.39 is 0 Å². The predicted molar refractivity (Wildman–Crippen MR) is 72.9 cm³/mol. The van der Waals surface area contributed by atoms with Crippen molar-refractivity contribution in [2.75, 3.05) is 45.9 Å². The summed E-state index contributed by atoms with van der Waals surface area (Å²) in [5, 5.41) is 6.52. The lowest BCUT2D eigenvalue weighted by molar-refractivity contribution is -0.188. The molecule has 1 amide bonds. The van der Waals surface area contributed by atoms with Crippen molar-refractivity contribution in [1.29, 1.82) is 0 Å². The van der Waals surface area contributed by atoms with Crippen LogP contribution in [0, 0.1) is 11.3 Å². The minimum Gasteiger partial charge on any atom is -0.380 e. The molecule has 3 aliphatic rings. The summed E-state index contributed by atoms with van der Waals surface area (Å²) in [7, 11) is 0. The normalized spacial score (nSPS) is 34.3. The van der Waals surface area contributed by atoms with Gasteiger partial charge in [0.25, 0.3) is 0 Å². The summed E-state index contributed by atoms with van der Waals surface area (Å²) in [6.45, 7) is 9.40. The van der Waals surface area contributed by atoms with Gasteiger partial charge < -0.3 is 20.3 Å². The molecule has 5 heteroatoms. The topological polar surface area (TPSA) is 53.6 Å². The predicted octanol–water partition coefficient (Wildman–Crippen LogP) is -0.177. The number of hydrogen-bond donors (Lipinski definition) is 2. The van der Waals surface area contributed by atoms with Crippen LogP contribution in [0.5, 0.6) is 0 Å². The third kappa shape index (κ3) is 3.09. The van der Waals surface area contributed by atoms with Crippen LogP contribution in [0.15, 0.2) is 0 Å².